The highest BCUT2D eigenvalue weighted by Crippen LogP contribution is 2.15. The first kappa shape index (κ1) is 26.2. The molecule has 1 saturated heterocycles. The van der Waals surface area contributed by atoms with Crippen LogP contribution in [0.3, 0.4) is 0 Å². The van der Waals surface area contributed by atoms with Crippen LogP contribution in [0, 0.1) is 0 Å². The molecule has 0 aliphatic carbocycles. The summed E-state index contributed by atoms with van der Waals surface area (Å²) in [5.74, 6) is 1.01. The van der Waals surface area contributed by atoms with Gasteiger partial charge in [-0.05, 0) is 56.7 Å². The molecule has 1 fully saturated rings. The fourth-order valence-electron chi connectivity index (χ4n) is 4.41. The first-order valence-corrected chi connectivity index (χ1v) is 13.1. The minimum atomic E-state index is 0.848. The summed E-state index contributed by atoms with van der Waals surface area (Å²) >= 11 is 0. The van der Waals surface area contributed by atoms with Crippen molar-refractivity contribution in [3.63, 3.8) is 0 Å². The smallest absolute Gasteiger partial charge is 0.119 e. The minimum Gasteiger partial charge on any atom is -0.494 e. The van der Waals surface area contributed by atoms with Crippen molar-refractivity contribution >= 4 is 0 Å². The van der Waals surface area contributed by atoms with Gasteiger partial charge in [-0.3, -0.25) is 4.90 Å². The van der Waals surface area contributed by atoms with Crippen LogP contribution in [-0.2, 0) is 6.54 Å². The Balaban J connectivity index is 1.38. The number of benzene rings is 1. The van der Waals surface area contributed by atoms with Crippen molar-refractivity contribution in [2.45, 2.75) is 78.7 Å². The summed E-state index contributed by atoms with van der Waals surface area (Å²) < 4.78 is 5.93. The van der Waals surface area contributed by atoms with E-state index in [1.165, 1.54) is 96.2 Å². The lowest BCUT2D eigenvalue weighted by molar-refractivity contribution is 0.135. The van der Waals surface area contributed by atoms with E-state index in [2.05, 4.69) is 59.7 Å². The lowest BCUT2D eigenvalue weighted by atomic mass is 10.1. The highest BCUT2D eigenvalue weighted by molar-refractivity contribution is 5.27. The zero-order chi connectivity index (χ0) is 22.2. The number of hydrogen-bond acceptors (Lipinski definition) is 4. The van der Waals surface area contributed by atoms with Crippen LogP contribution in [0.25, 0.3) is 0 Å². The maximum atomic E-state index is 5.93. The van der Waals surface area contributed by atoms with Crippen LogP contribution in [0.4, 0.5) is 0 Å². The molecular weight excluding hydrogens is 382 g/mol. The molecule has 0 aromatic heterocycles. The maximum absolute atomic E-state index is 5.93. The summed E-state index contributed by atoms with van der Waals surface area (Å²) in [6.45, 7) is 18.4. The number of rotatable bonds is 17. The average Bonchev–Trinajstić information content (AvgIpc) is 2.82. The van der Waals surface area contributed by atoms with E-state index >= 15 is 0 Å². The standard InChI is InChI=1S/C27H49N3O/c1-4-28(5-2)25-26-15-17-27(18-16-26)31-24-14-12-10-8-7-9-11-13-19-30-22-20-29(6-3)21-23-30/h15-18H,4-14,19-25H2,1-3H3. The van der Waals surface area contributed by atoms with Crippen molar-refractivity contribution in [3.05, 3.63) is 29.8 Å². The number of nitrogens with zero attached hydrogens (tertiary/aromatic N) is 3. The fourth-order valence-corrected chi connectivity index (χ4v) is 4.41. The van der Waals surface area contributed by atoms with Crippen molar-refractivity contribution in [3.8, 4) is 5.75 Å². The third kappa shape index (κ3) is 11.4. The highest BCUT2D eigenvalue weighted by Gasteiger charge is 2.14. The molecule has 0 amide bonds. The Morgan fingerprint density at radius 3 is 1.84 bits per heavy atom. The Hall–Kier alpha value is -1.10. The average molecular weight is 432 g/mol. The van der Waals surface area contributed by atoms with Crippen molar-refractivity contribution in [1.82, 2.24) is 14.7 Å². The van der Waals surface area contributed by atoms with E-state index in [0.717, 1.165) is 32.0 Å². The van der Waals surface area contributed by atoms with Crippen molar-refractivity contribution < 1.29 is 4.74 Å². The summed E-state index contributed by atoms with van der Waals surface area (Å²) in [7, 11) is 0. The lowest BCUT2D eigenvalue weighted by Gasteiger charge is -2.33. The van der Waals surface area contributed by atoms with Crippen LogP contribution in [-0.4, -0.2) is 73.7 Å². The normalized spacial score (nSPS) is 15.6. The Labute approximate surface area is 192 Å². The van der Waals surface area contributed by atoms with Gasteiger partial charge in [-0.2, -0.15) is 0 Å². The third-order valence-corrected chi connectivity index (χ3v) is 6.77. The number of ether oxygens (including phenoxy) is 1. The lowest BCUT2D eigenvalue weighted by Crippen LogP contribution is -2.46. The Morgan fingerprint density at radius 1 is 0.710 bits per heavy atom. The van der Waals surface area contributed by atoms with Gasteiger partial charge >= 0.3 is 0 Å². The summed E-state index contributed by atoms with van der Waals surface area (Å²) in [5, 5.41) is 0. The number of unbranched alkanes of at least 4 members (excludes halogenated alkanes) is 7. The maximum Gasteiger partial charge on any atom is 0.119 e. The second-order valence-electron chi connectivity index (χ2n) is 9.06. The molecule has 2 rings (SSSR count). The van der Waals surface area contributed by atoms with Gasteiger partial charge in [-0.15, -0.1) is 0 Å². The largest absolute Gasteiger partial charge is 0.494 e. The molecular formula is C27H49N3O. The van der Waals surface area contributed by atoms with Crippen LogP contribution in [0.2, 0.25) is 0 Å². The molecule has 0 atom stereocenters. The SMILES string of the molecule is CCN1CCN(CCCCCCCCCCOc2ccc(CN(CC)CC)cc2)CC1. The van der Waals surface area contributed by atoms with Gasteiger partial charge in [0.05, 0.1) is 6.61 Å². The Bertz CT molecular complexity index is 536. The number of likely N-dealkylation sites (N-methyl/N-ethyl adjacent to an activating group) is 1. The minimum absolute atomic E-state index is 0.848. The van der Waals surface area contributed by atoms with E-state index in [1.54, 1.807) is 0 Å². The van der Waals surface area contributed by atoms with Crippen LogP contribution < -0.4 is 4.74 Å². The van der Waals surface area contributed by atoms with Gasteiger partial charge in [0.15, 0.2) is 0 Å². The van der Waals surface area contributed by atoms with E-state index in [1.807, 2.05) is 0 Å². The van der Waals surface area contributed by atoms with E-state index in [0.29, 0.717) is 0 Å². The highest BCUT2D eigenvalue weighted by atomic mass is 16.5. The molecule has 0 radical (unpaired) electrons. The van der Waals surface area contributed by atoms with Crippen molar-refractivity contribution in [2.24, 2.45) is 0 Å². The first-order chi connectivity index (χ1) is 15.2. The quantitative estimate of drug-likeness (QED) is 0.296. The van der Waals surface area contributed by atoms with Gasteiger partial charge in [0.25, 0.3) is 0 Å². The van der Waals surface area contributed by atoms with E-state index < -0.39 is 0 Å². The molecule has 4 nitrogen and oxygen atoms in total. The summed E-state index contributed by atoms with van der Waals surface area (Å²) in [5.41, 5.74) is 1.37. The fraction of sp³-hybridized carbons (Fsp3) is 0.778. The first-order valence-electron chi connectivity index (χ1n) is 13.1. The molecule has 1 aliphatic rings. The molecule has 0 saturated carbocycles. The predicted molar refractivity (Wildman–Crippen MR) is 134 cm³/mol. The van der Waals surface area contributed by atoms with E-state index in [-0.39, 0.29) is 0 Å². The van der Waals surface area contributed by atoms with Gasteiger partial charge in [0, 0.05) is 32.7 Å². The molecule has 1 aliphatic heterocycles. The second kappa shape index (κ2) is 16.5. The van der Waals surface area contributed by atoms with E-state index in [4.69, 9.17) is 4.74 Å². The summed E-state index contributed by atoms with van der Waals surface area (Å²) in [6.07, 6.45) is 10.8. The van der Waals surface area contributed by atoms with Gasteiger partial charge in [0.1, 0.15) is 5.75 Å². The summed E-state index contributed by atoms with van der Waals surface area (Å²) in [4.78, 5) is 7.65. The molecule has 31 heavy (non-hydrogen) atoms. The number of piperazine rings is 1. The topological polar surface area (TPSA) is 19.0 Å². The molecule has 0 spiro atoms. The zero-order valence-electron chi connectivity index (χ0n) is 20.8. The Morgan fingerprint density at radius 2 is 1.26 bits per heavy atom. The second-order valence-corrected chi connectivity index (χ2v) is 9.06. The van der Waals surface area contributed by atoms with Crippen molar-refractivity contribution in [2.75, 3.05) is 59.0 Å². The third-order valence-electron chi connectivity index (χ3n) is 6.77. The van der Waals surface area contributed by atoms with Crippen LogP contribution >= 0.6 is 0 Å². The molecule has 0 N–H and O–H groups in total. The van der Waals surface area contributed by atoms with E-state index in [9.17, 15) is 0 Å². The number of hydrogen-bond donors (Lipinski definition) is 0. The molecule has 0 bridgehead atoms. The molecule has 1 aromatic carbocycles. The van der Waals surface area contributed by atoms with Crippen LogP contribution in [0.1, 0.15) is 77.7 Å². The van der Waals surface area contributed by atoms with Gasteiger partial charge in [-0.1, -0.05) is 71.4 Å². The summed E-state index contributed by atoms with van der Waals surface area (Å²) in [6, 6.07) is 8.67. The molecule has 1 heterocycles. The van der Waals surface area contributed by atoms with Gasteiger partial charge < -0.3 is 14.5 Å². The molecule has 178 valence electrons. The van der Waals surface area contributed by atoms with Crippen LogP contribution in [0.15, 0.2) is 24.3 Å². The molecule has 1 aromatic rings. The Kier molecular flexibility index (Phi) is 13.9. The zero-order valence-corrected chi connectivity index (χ0v) is 20.8. The van der Waals surface area contributed by atoms with Gasteiger partial charge in [-0.25, -0.2) is 0 Å². The predicted octanol–water partition coefficient (Wildman–Crippen LogP) is 5.67. The molecule has 4 heteroatoms. The van der Waals surface area contributed by atoms with Crippen LogP contribution in [0.5, 0.6) is 5.75 Å². The molecule has 0 unspecified atom stereocenters. The monoisotopic (exact) mass is 431 g/mol. The van der Waals surface area contributed by atoms with Gasteiger partial charge in [0.2, 0.25) is 0 Å². The van der Waals surface area contributed by atoms with Crippen molar-refractivity contribution in [1.29, 1.82) is 0 Å².